The van der Waals surface area contributed by atoms with Gasteiger partial charge in [0.25, 0.3) is 0 Å². The van der Waals surface area contributed by atoms with Gasteiger partial charge in [-0.25, -0.2) is 0 Å². The number of nitrogens with one attached hydrogen (secondary N) is 2. The molecule has 1 fully saturated rings. The number of guanidine groups is 1. The van der Waals surface area contributed by atoms with Crippen LogP contribution in [-0.4, -0.2) is 76.2 Å². The summed E-state index contributed by atoms with van der Waals surface area (Å²) in [7, 11) is 0. The van der Waals surface area contributed by atoms with Crippen LogP contribution >= 0.6 is 11.3 Å². The number of alkyl halides is 3. The van der Waals surface area contributed by atoms with Crippen LogP contribution in [0, 0.1) is 0 Å². The van der Waals surface area contributed by atoms with Crippen LogP contribution in [0.5, 0.6) is 0 Å². The first-order valence-electron chi connectivity index (χ1n) is 9.51. The Kier molecular flexibility index (Phi) is 10.0. The number of morpholine rings is 1. The maximum absolute atomic E-state index is 12.1. The molecule has 0 saturated carbocycles. The third-order valence-corrected chi connectivity index (χ3v) is 5.12. The molecule has 6 nitrogen and oxygen atoms in total. The number of nitrogens with zero attached hydrogens (tertiary/aromatic N) is 2. The Hall–Kier alpha value is -1.36. The molecule has 1 atom stereocenters. The number of thiophene rings is 1. The van der Waals surface area contributed by atoms with E-state index in [0.29, 0.717) is 32.0 Å². The van der Waals surface area contributed by atoms with Crippen LogP contribution in [0.25, 0.3) is 0 Å². The summed E-state index contributed by atoms with van der Waals surface area (Å²) in [5.74, 6) is 0.660. The zero-order chi connectivity index (χ0) is 20.2. The molecule has 10 heteroatoms. The number of aliphatic imine (C=N–C) groups is 1. The SMILES string of the molecule is CCNC(=NCC(c1cccs1)N1CCOCC1)NCCCOCC(F)(F)F. The Bertz CT molecular complexity index is 564. The van der Waals surface area contributed by atoms with Gasteiger partial charge >= 0.3 is 6.18 Å². The smallest absolute Gasteiger partial charge is 0.379 e. The number of hydrogen-bond donors (Lipinski definition) is 2. The van der Waals surface area contributed by atoms with Crippen LogP contribution in [-0.2, 0) is 9.47 Å². The summed E-state index contributed by atoms with van der Waals surface area (Å²) in [5, 5.41) is 8.41. The van der Waals surface area contributed by atoms with Crippen LogP contribution in [0.4, 0.5) is 13.2 Å². The van der Waals surface area contributed by atoms with E-state index in [1.54, 1.807) is 11.3 Å². The van der Waals surface area contributed by atoms with E-state index < -0.39 is 12.8 Å². The molecular weight excluding hydrogens is 393 g/mol. The first-order chi connectivity index (χ1) is 13.5. The minimum atomic E-state index is -4.28. The Morgan fingerprint density at radius 1 is 1.36 bits per heavy atom. The van der Waals surface area contributed by atoms with Crippen LogP contribution in [0.1, 0.15) is 24.3 Å². The molecule has 2 heterocycles. The molecule has 1 saturated heterocycles. The zero-order valence-electron chi connectivity index (χ0n) is 16.1. The highest BCUT2D eigenvalue weighted by molar-refractivity contribution is 7.10. The highest BCUT2D eigenvalue weighted by Gasteiger charge is 2.27. The molecule has 28 heavy (non-hydrogen) atoms. The second-order valence-corrected chi connectivity index (χ2v) is 7.33. The summed E-state index contributed by atoms with van der Waals surface area (Å²) >= 11 is 1.72. The van der Waals surface area contributed by atoms with Crippen molar-refractivity contribution in [2.75, 3.05) is 59.2 Å². The van der Waals surface area contributed by atoms with Gasteiger partial charge in [-0.3, -0.25) is 9.89 Å². The van der Waals surface area contributed by atoms with E-state index in [1.165, 1.54) is 4.88 Å². The van der Waals surface area contributed by atoms with Crippen LogP contribution in [0.2, 0.25) is 0 Å². The Morgan fingerprint density at radius 2 is 2.14 bits per heavy atom. The van der Waals surface area contributed by atoms with E-state index in [0.717, 1.165) is 26.3 Å². The fourth-order valence-electron chi connectivity index (χ4n) is 2.84. The summed E-state index contributed by atoms with van der Waals surface area (Å²) in [6.07, 6.45) is -3.81. The molecule has 1 aliphatic heterocycles. The molecule has 0 amide bonds. The topological polar surface area (TPSA) is 58.1 Å². The number of ether oxygens (including phenoxy) is 2. The minimum Gasteiger partial charge on any atom is -0.379 e. The first kappa shape index (κ1) is 22.9. The molecule has 160 valence electrons. The van der Waals surface area contributed by atoms with Crippen molar-refractivity contribution in [3.8, 4) is 0 Å². The summed E-state index contributed by atoms with van der Waals surface area (Å²) < 4.78 is 46.3. The average molecular weight is 423 g/mol. The molecule has 0 aliphatic carbocycles. The van der Waals surface area contributed by atoms with Crippen molar-refractivity contribution >= 4 is 17.3 Å². The predicted molar refractivity (Wildman–Crippen MR) is 105 cm³/mol. The van der Waals surface area contributed by atoms with Gasteiger partial charge in [0.2, 0.25) is 0 Å². The van der Waals surface area contributed by atoms with Gasteiger partial charge in [-0.1, -0.05) is 6.07 Å². The van der Waals surface area contributed by atoms with Crippen molar-refractivity contribution in [3.05, 3.63) is 22.4 Å². The molecule has 1 aliphatic rings. The van der Waals surface area contributed by atoms with E-state index in [1.807, 2.05) is 13.0 Å². The minimum absolute atomic E-state index is 0.0531. The molecule has 1 aromatic heterocycles. The molecule has 0 radical (unpaired) electrons. The number of halogens is 3. The van der Waals surface area contributed by atoms with Crippen molar-refractivity contribution in [2.24, 2.45) is 4.99 Å². The second kappa shape index (κ2) is 12.3. The molecule has 0 aromatic carbocycles. The van der Waals surface area contributed by atoms with Gasteiger partial charge in [-0.15, -0.1) is 11.3 Å². The van der Waals surface area contributed by atoms with E-state index in [9.17, 15) is 13.2 Å². The molecule has 2 N–H and O–H groups in total. The molecule has 0 spiro atoms. The van der Waals surface area contributed by atoms with Gasteiger partial charge in [0.15, 0.2) is 5.96 Å². The van der Waals surface area contributed by atoms with Gasteiger partial charge in [0.1, 0.15) is 6.61 Å². The van der Waals surface area contributed by atoms with Crippen molar-refractivity contribution < 1.29 is 22.6 Å². The number of hydrogen-bond acceptors (Lipinski definition) is 5. The molecule has 1 aromatic rings. The Balaban J connectivity index is 1.84. The van der Waals surface area contributed by atoms with E-state index in [4.69, 9.17) is 9.73 Å². The van der Waals surface area contributed by atoms with Crippen LogP contribution < -0.4 is 10.6 Å². The lowest BCUT2D eigenvalue weighted by Crippen LogP contribution is -2.41. The second-order valence-electron chi connectivity index (χ2n) is 6.35. The Morgan fingerprint density at radius 3 is 2.79 bits per heavy atom. The Labute approximate surface area is 168 Å². The maximum Gasteiger partial charge on any atom is 0.411 e. The average Bonchev–Trinajstić information content (AvgIpc) is 3.19. The quantitative estimate of drug-likeness (QED) is 0.345. The van der Waals surface area contributed by atoms with E-state index in [2.05, 4.69) is 31.7 Å². The van der Waals surface area contributed by atoms with Crippen molar-refractivity contribution in [1.29, 1.82) is 0 Å². The van der Waals surface area contributed by atoms with E-state index in [-0.39, 0.29) is 12.6 Å². The normalized spacial score (nSPS) is 17.5. The standard InChI is InChI=1S/C18H29F3N4O2S/c1-2-22-17(23-6-4-9-27-14-18(19,20)21)24-13-15(16-5-3-12-28-16)25-7-10-26-11-8-25/h3,5,12,15H,2,4,6-11,13-14H2,1H3,(H2,22,23,24). The van der Waals surface area contributed by atoms with Crippen LogP contribution in [0.3, 0.4) is 0 Å². The highest BCUT2D eigenvalue weighted by Crippen LogP contribution is 2.26. The lowest BCUT2D eigenvalue weighted by molar-refractivity contribution is -0.173. The molecule has 1 unspecified atom stereocenters. The predicted octanol–water partition coefficient (Wildman–Crippen LogP) is 2.65. The van der Waals surface area contributed by atoms with Crippen molar-refractivity contribution in [1.82, 2.24) is 15.5 Å². The number of rotatable bonds is 10. The first-order valence-corrected chi connectivity index (χ1v) is 10.4. The van der Waals surface area contributed by atoms with Gasteiger partial charge in [0.05, 0.1) is 25.8 Å². The van der Waals surface area contributed by atoms with Gasteiger partial charge < -0.3 is 20.1 Å². The lowest BCUT2D eigenvalue weighted by Gasteiger charge is -2.33. The zero-order valence-corrected chi connectivity index (χ0v) is 17.0. The monoisotopic (exact) mass is 422 g/mol. The summed E-state index contributed by atoms with van der Waals surface area (Å²) in [6.45, 7) is 5.81. The summed E-state index contributed by atoms with van der Waals surface area (Å²) in [5.41, 5.74) is 0. The highest BCUT2D eigenvalue weighted by atomic mass is 32.1. The maximum atomic E-state index is 12.1. The van der Waals surface area contributed by atoms with Crippen molar-refractivity contribution in [2.45, 2.75) is 25.6 Å². The summed E-state index contributed by atoms with van der Waals surface area (Å²) in [4.78, 5) is 8.35. The third-order valence-electron chi connectivity index (χ3n) is 4.15. The lowest BCUT2D eigenvalue weighted by atomic mass is 10.2. The van der Waals surface area contributed by atoms with Gasteiger partial charge in [0, 0.05) is 37.7 Å². The molecular formula is C18H29F3N4O2S. The third kappa shape index (κ3) is 8.76. The summed E-state index contributed by atoms with van der Waals surface area (Å²) in [6, 6.07) is 4.36. The van der Waals surface area contributed by atoms with Gasteiger partial charge in [-0.2, -0.15) is 13.2 Å². The molecule has 0 bridgehead atoms. The molecule has 2 rings (SSSR count). The van der Waals surface area contributed by atoms with Gasteiger partial charge in [-0.05, 0) is 24.8 Å². The largest absolute Gasteiger partial charge is 0.411 e. The van der Waals surface area contributed by atoms with Crippen LogP contribution in [0.15, 0.2) is 22.5 Å². The van der Waals surface area contributed by atoms with E-state index >= 15 is 0 Å². The fourth-order valence-corrected chi connectivity index (χ4v) is 3.70. The van der Waals surface area contributed by atoms with Crippen molar-refractivity contribution in [3.63, 3.8) is 0 Å². The fraction of sp³-hybridized carbons (Fsp3) is 0.722.